The molecule has 0 bridgehead atoms. The molecule has 0 radical (unpaired) electrons. The molecule has 1 fully saturated rings. The van der Waals surface area contributed by atoms with Crippen molar-refractivity contribution in [1.82, 2.24) is 30.1 Å². The van der Waals surface area contributed by atoms with Gasteiger partial charge in [0.2, 0.25) is 0 Å². The van der Waals surface area contributed by atoms with Crippen molar-refractivity contribution >= 4 is 22.9 Å². The highest BCUT2D eigenvalue weighted by molar-refractivity contribution is 7.12. The summed E-state index contributed by atoms with van der Waals surface area (Å²) in [5.41, 5.74) is 4.42. The van der Waals surface area contributed by atoms with Gasteiger partial charge in [-0.3, -0.25) is 9.89 Å². The van der Waals surface area contributed by atoms with Crippen LogP contribution in [0.25, 0.3) is 27.9 Å². The van der Waals surface area contributed by atoms with E-state index in [0.717, 1.165) is 53.6 Å². The topological polar surface area (TPSA) is 108 Å². The lowest BCUT2D eigenvalue weighted by atomic mass is 9.93. The van der Waals surface area contributed by atoms with Gasteiger partial charge in [0.05, 0.1) is 23.4 Å². The number of rotatable bonds is 4. The Kier molecular flexibility index (Phi) is 5.65. The van der Waals surface area contributed by atoms with E-state index >= 15 is 0 Å². The number of carbonyl (C=O) groups is 1. The summed E-state index contributed by atoms with van der Waals surface area (Å²) >= 11 is 1.42. The third kappa shape index (κ3) is 3.86. The van der Waals surface area contributed by atoms with Crippen molar-refractivity contribution in [3.63, 3.8) is 0 Å². The van der Waals surface area contributed by atoms with Crippen LogP contribution in [0.2, 0.25) is 0 Å². The molecule has 0 unspecified atom stereocenters. The number of aliphatic hydroxyl groups excluding tert-OH is 1. The van der Waals surface area contributed by atoms with Crippen LogP contribution in [0.1, 0.15) is 42.8 Å². The molecule has 156 valence electrons. The lowest BCUT2D eigenvalue weighted by Crippen LogP contribution is -2.38. The summed E-state index contributed by atoms with van der Waals surface area (Å²) in [6, 6.07) is 2.02. The molecule has 0 spiro atoms. The molecule has 0 aromatic carbocycles. The highest BCUT2D eigenvalue weighted by Gasteiger charge is 2.22. The van der Waals surface area contributed by atoms with Crippen molar-refractivity contribution < 1.29 is 9.90 Å². The summed E-state index contributed by atoms with van der Waals surface area (Å²) in [4.78, 5) is 17.8. The molecule has 8 nitrogen and oxygen atoms in total. The summed E-state index contributed by atoms with van der Waals surface area (Å²) in [7, 11) is 0. The fraction of sp³-hybridized carbons (Fsp3) is 0.333. The molecule has 0 atom stereocenters. The maximum Gasteiger partial charge on any atom is 0.261 e. The normalized spacial score (nSPS) is 18.8. The Bertz CT molecular complexity index is 1140. The van der Waals surface area contributed by atoms with Crippen molar-refractivity contribution in [3.05, 3.63) is 47.3 Å². The van der Waals surface area contributed by atoms with Gasteiger partial charge in [-0.25, -0.2) is 9.50 Å². The molecule has 1 aliphatic rings. The first-order valence-corrected chi connectivity index (χ1v) is 10.5. The van der Waals surface area contributed by atoms with E-state index in [1.54, 1.807) is 23.1 Å². The van der Waals surface area contributed by atoms with E-state index in [9.17, 15) is 9.90 Å². The number of nitrogens with one attached hydrogen (secondary N) is 2. The lowest BCUT2D eigenvalue weighted by Gasteiger charge is -2.25. The van der Waals surface area contributed by atoms with E-state index in [-0.39, 0.29) is 25.5 Å². The van der Waals surface area contributed by atoms with E-state index in [2.05, 4.69) is 25.6 Å². The SMILES string of the molecule is C.O=C(NC1CCC(O)CC1)c1cc(-c2cnn3cc(-c4cn[nH]c4)cnc23)cs1. The van der Waals surface area contributed by atoms with E-state index < -0.39 is 0 Å². The van der Waals surface area contributed by atoms with Crippen molar-refractivity contribution in [2.45, 2.75) is 45.3 Å². The molecule has 3 N–H and O–H groups in total. The van der Waals surface area contributed by atoms with E-state index in [0.29, 0.717) is 4.88 Å². The van der Waals surface area contributed by atoms with Crippen LogP contribution in [0.5, 0.6) is 0 Å². The molecule has 0 aliphatic heterocycles. The smallest absolute Gasteiger partial charge is 0.261 e. The number of amides is 1. The van der Waals surface area contributed by atoms with Gasteiger partial charge in [0, 0.05) is 41.3 Å². The van der Waals surface area contributed by atoms with Crippen LogP contribution in [0.3, 0.4) is 0 Å². The number of carbonyl (C=O) groups excluding carboxylic acids is 1. The predicted molar refractivity (Wildman–Crippen MR) is 116 cm³/mol. The maximum atomic E-state index is 12.6. The minimum Gasteiger partial charge on any atom is -0.393 e. The highest BCUT2D eigenvalue weighted by atomic mass is 32.1. The second-order valence-corrected chi connectivity index (χ2v) is 8.25. The molecular weight excluding hydrogens is 400 g/mol. The van der Waals surface area contributed by atoms with Crippen LogP contribution >= 0.6 is 11.3 Å². The molecule has 1 saturated carbocycles. The summed E-state index contributed by atoms with van der Waals surface area (Å²) in [6.45, 7) is 0. The zero-order valence-corrected chi connectivity index (χ0v) is 16.4. The molecule has 4 aromatic heterocycles. The van der Waals surface area contributed by atoms with Crippen LogP contribution in [-0.2, 0) is 0 Å². The standard InChI is InChI=1S/C20H20N6O2S.CH4/c27-16-3-1-15(2-4-16)25-20(28)18-5-12(11-29-18)17-9-24-26-10-14(6-21-19(17)26)13-7-22-23-8-13;/h5-11,15-16,27H,1-4H2,(H,22,23)(H,25,28);1H4. The Balaban J connectivity index is 0.00000218. The molecule has 4 aromatic rings. The molecule has 4 heterocycles. The minimum atomic E-state index is -0.228. The van der Waals surface area contributed by atoms with Gasteiger partial charge >= 0.3 is 0 Å². The number of H-pyrrole nitrogens is 1. The van der Waals surface area contributed by atoms with Gasteiger partial charge in [-0.15, -0.1) is 11.3 Å². The molecule has 30 heavy (non-hydrogen) atoms. The van der Waals surface area contributed by atoms with Gasteiger partial charge in [0.15, 0.2) is 5.65 Å². The van der Waals surface area contributed by atoms with E-state index in [1.165, 1.54) is 11.3 Å². The van der Waals surface area contributed by atoms with Gasteiger partial charge in [0.1, 0.15) is 0 Å². The predicted octanol–water partition coefficient (Wildman–Crippen LogP) is 3.52. The van der Waals surface area contributed by atoms with Crippen molar-refractivity contribution in [2.75, 3.05) is 0 Å². The van der Waals surface area contributed by atoms with Crippen LogP contribution < -0.4 is 5.32 Å². The number of thiophene rings is 1. The van der Waals surface area contributed by atoms with Crippen LogP contribution in [0.15, 0.2) is 42.4 Å². The van der Waals surface area contributed by atoms with Gasteiger partial charge in [-0.1, -0.05) is 7.43 Å². The zero-order chi connectivity index (χ0) is 19.8. The second kappa shape index (κ2) is 8.37. The third-order valence-electron chi connectivity index (χ3n) is 5.35. The number of aliphatic hydroxyl groups is 1. The summed E-state index contributed by atoms with van der Waals surface area (Å²) in [6.07, 6.45) is 11.9. The van der Waals surface area contributed by atoms with Crippen LogP contribution in [-0.4, -0.2) is 48.0 Å². The largest absolute Gasteiger partial charge is 0.393 e. The number of hydrogen-bond acceptors (Lipinski definition) is 6. The molecule has 1 aliphatic carbocycles. The monoisotopic (exact) mass is 424 g/mol. The number of nitrogens with zero attached hydrogens (tertiary/aromatic N) is 4. The van der Waals surface area contributed by atoms with Gasteiger partial charge in [-0.05, 0) is 42.7 Å². The Morgan fingerprint density at radius 3 is 2.77 bits per heavy atom. The van der Waals surface area contributed by atoms with Gasteiger partial charge < -0.3 is 10.4 Å². The number of hydrogen-bond donors (Lipinski definition) is 3. The Labute approximate surface area is 178 Å². The molecule has 0 saturated heterocycles. The highest BCUT2D eigenvalue weighted by Crippen LogP contribution is 2.29. The molecular formula is C21H24N6O2S. The Morgan fingerprint density at radius 1 is 1.17 bits per heavy atom. The van der Waals surface area contributed by atoms with Crippen LogP contribution in [0, 0.1) is 0 Å². The minimum absolute atomic E-state index is 0. The maximum absolute atomic E-state index is 12.6. The molecule has 5 rings (SSSR count). The quantitative estimate of drug-likeness (QED) is 0.465. The van der Waals surface area contributed by atoms with Gasteiger partial charge in [-0.2, -0.15) is 10.2 Å². The first kappa shape index (κ1) is 20.2. The average Bonchev–Trinajstić information content (AvgIpc) is 3.49. The number of aromatic nitrogens is 5. The average molecular weight is 425 g/mol. The first-order chi connectivity index (χ1) is 14.2. The lowest BCUT2D eigenvalue weighted by molar-refractivity contribution is 0.0871. The fourth-order valence-electron chi connectivity index (χ4n) is 3.71. The van der Waals surface area contributed by atoms with Crippen molar-refractivity contribution in [3.8, 4) is 22.3 Å². The second-order valence-electron chi connectivity index (χ2n) is 7.33. The van der Waals surface area contributed by atoms with Crippen LogP contribution in [0.4, 0.5) is 0 Å². The molecule has 9 heteroatoms. The van der Waals surface area contributed by atoms with Crippen molar-refractivity contribution in [1.29, 1.82) is 0 Å². The van der Waals surface area contributed by atoms with Gasteiger partial charge in [0.25, 0.3) is 5.91 Å². The Morgan fingerprint density at radius 2 is 2.00 bits per heavy atom. The Hall–Kier alpha value is -3.04. The summed E-state index contributed by atoms with van der Waals surface area (Å²) < 4.78 is 1.74. The summed E-state index contributed by atoms with van der Waals surface area (Å²) in [5.74, 6) is -0.0608. The van der Waals surface area contributed by atoms with Crippen molar-refractivity contribution in [2.24, 2.45) is 0 Å². The zero-order valence-electron chi connectivity index (χ0n) is 15.6. The first-order valence-electron chi connectivity index (χ1n) is 9.58. The fourth-order valence-corrected chi connectivity index (χ4v) is 4.52. The van der Waals surface area contributed by atoms with E-state index in [4.69, 9.17) is 0 Å². The number of fused-ring (bicyclic) bond motifs is 1. The summed E-state index contributed by atoms with van der Waals surface area (Å²) in [5, 5.41) is 25.9. The number of aromatic amines is 1. The molecule has 1 amide bonds. The van der Waals surface area contributed by atoms with E-state index in [1.807, 2.05) is 23.8 Å². The third-order valence-corrected chi connectivity index (χ3v) is 6.28.